The third kappa shape index (κ3) is 4.69. The first-order valence-electron chi connectivity index (χ1n) is 7.15. The number of nitrogens with one attached hydrogen (secondary N) is 1. The average molecular weight is 285 g/mol. The van der Waals surface area contributed by atoms with Crippen molar-refractivity contribution in [2.24, 2.45) is 0 Å². The molecule has 20 heavy (non-hydrogen) atoms. The van der Waals surface area contributed by atoms with Crippen molar-refractivity contribution in [1.29, 1.82) is 0 Å². The fourth-order valence-corrected chi connectivity index (χ4v) is 3.01. The highest BCUT2D eigenvalue weighted by Gasteiger charge is 2.02. The predicted molar refractivity (Wildman–Crippen MR) is 89.2 cm³/mol. The van der Waals surface area contributed by atoms with E-state index in [2.05, 4.69) is 74.6 Å². The molecule has 1 N–H and O–H groups in total. The fraction of sp³-hybridized carbons (Fsp3) is 0.333. The van der Waals surface area contributed by atoms with Crippen LogP contribution in [-0.4, -0.2) is 6.04 Å². The van der Waals surface area contributed by atoms with Gasteiger partial charge in [-0.05, 0) is 29.7 Å². The van der Waals surface area contributed by atoms with Crippen LogP contribution in [0.3, 0.4) is 0 Å². The Morgan fingerprint density at radius 3 is 2.40 bits per heavy atom. The molecule has 0 spiro atoms. The Morgan fingerprint density at radius 1 is 1.00 bits per heavy atom. The summed E-state index contributed by atoms with van der Waals surface area (Å²) in [5, 5.41) is 3.46. The summed E-state index contributed by atoms with van der Waals surface area (Å²) >= 11 is 1.91. The van der Waals surface area contributed by atoms with Crippen molar-refractivity contribution in [3.63, 3.8) is 0 Å². The van der Waals surface area contributed by atoms with Gasteiger partial charge in [-0.2, -0.15) is 0 Å². The van der Waals surface area contributed by atoms with Crippen molar-refractivity contribution < 1.29 is 0 Å². The Hall–Kier alpha value is -1.25. The summed E-state index contributed by atoms with van der Waals surface area (Å²) in [5.74, 6) is 1.03. The van der Waals surface area contributed by atoms with Crippen LogP contribution in [0.4, 0.5) is 0 Å². The lowest BCUT2D eigenvalue weighted by atomic mass is 10.1. The maximum absolute atomic E-state index is 3.46. The van der Waals surface area contributed by atoms with Crippen LogP contribution in [0.15, 0.2) is 53.4 Å². The van der Waals surface area contributed by atoms with Crippen molar-refractivity contribution in [2.45, 2.75) is 44.0 Å². The molecule has 0 saturated heterocycles. The Bertz CT molecular complexity index is 534. The zero-order chi connectivity index (χ0) is 14.4. The average Bonchev–Trinajstić information content (AvgIpc) is 2.45. The van der Waals surface area contributed by atoms with Gasteiger partial charge >= 0.3 is 0 Å². The van der Waals surface area contributed by atoms with E-state index in [0.717, 1.165) is 12.3 Å². The van der Waals surface area contributed by atoms with Gasteiger partial charge in [-0.15, -0.1) is 11.8 Å². The molecule has 0 heterocycles. The first-order chi connectivity index (χ1) is 9.65. The molecule has 0 bridgehead atoms. The number of aryl methyl sites for hydroxylation is 1. The third-order valence-corrected chi connectivity index (χ3v) is 4.44. The maximum Gasteiger partial charge on any atom is 0.0232 e. The van der Waals surface area contributed by atoms with Gasteiger partial charge in [0.05, 0.1) is 0 Å². The zero-order valence-electron chi connectivity index (χ0n) is 12.5. The molecule has 106 valence electrons. The van der Waals surface area contributed by atoms with E-state index in [0.29, 0.717) is 6.04 Å². The summed E-state index contributed by atoms with van der Waals surface area (Å²) < 4.78 is 0. The summed E-state index contributed by atoms with van der Waals surface area (Å²) in [6.45, 7) is 7.50. The molecule has 0 radical (unpaired) electrons. The molecule has 0 fully saturated rings. The summed E-state index contributed by atoms with van der Waals surface area (Å²) in [7, 11) is 0. The van der Waals surface area contributed by atoms with E-state index in [1.807, 2.05) is 11.8 Å². The Labute approximate surface area is 126 Å². The predicted octanol–water partition coefficient (Wildman–Crippen LogP) is 4.79. The summed E-state index contributed by atoms with van der Waals surface area (Å²) in [5.41, 5.74) is 4.11. The fourth-order valence-electron chi connectivity index (χ4n) is 2.04. The van der Waals surface area contributed by atoms with E-state index >= 15 is 0 Å². The van der Waals surface area contributed by atoms with Crippen LogP contribution in [0.2, 0.25) is 0 Å². The molecule has 0 aromatic heterocycles. The van der Waals surface area contributed by atoms with E-state index in [1.54, 1.807) is 0 Å². The van der Waals surface area contributed by atoms with E-state index in [9.17, 15) is 0 Å². The monoisotopic (exact) mass is 285 g/mol. The minimum absolute atomic E-state index is 0.530. The Balaban J connectivity index is 1.95. The first kappa shape index (κ1) is 15.1. The van der Waals surface area contributed by atoms with Gasteiger partial charge in [-0.25, -0.2) is 0 Å². The summed E-state index contributed by atoms with van der Waals surface area (Å²) in [6.07, 6.45) is 0. The van der Waals surface area contributed by atoms with E-state index in [4.69, 9.17) is 0 Å². The molecule has 2 aromatic rings. The quantitative estimate of drug-likeness (QED) is 0.766. The highest BCUT2D eigenvalue weighted by atomic mass is 32.2. The van der Waals surface area contributed by atoms with Crippen LogP contribution in [0.25, 0.3) is 0 Å². The van der Waals surface area contributed by atoms with Gasteiger partial charge in [0.25, 0.3) is 0 Å². The molecular formula is C18H23NS. The van der Waals surface area contributed by atoms with Gasteiger partial charge in [-0.1, -0.05) is 56.3 Å². The molecule has 0 saturated carbocycles. The second kappa shape index (κ2) is 7.51. The van der Waals surface area contributed by atoms with Crippen LogP contribution in [0.5, 0.6) is 0 Å². The molecule has 0 amide bonds. The SMILES string of the molecule is Cc1cc(CNC(C)C)ccc1SCc1ccccc1. The van der Waals surface area contributed by atoms with Crippen LogP contribution in [0.1, 0.15) is 30.5 Å². The second-order valence-electron chi connectivity index (χ2n) is 5.41. The normalized spacial score (nSPS) is 11.0. The van der Waals surface area contributed by atoms with Gasteiger partial charge < -0.3 is 5.32 Å². The molecule has 0 aliphatic heterocycles. The molecular weight excluding hydrogens is 262 g/mol. The topological polar surface area (TPSA) is 12.0 Å². The van der Waals surface area contributed by atoms with Crippen molar-refractivity contribution in [3.8, 4) is 0 Å². The van der Waals surface area contributed by atoms with Crippen molar-refractivity contribution in [3.05, 3.63) is 65.2 Å². The van der Waals surface area contributed by atoms with Gasteiger partial charge in [0.1, 0.15) is 0 Å². The summed E-state index contributed by atoms with van der Waals surface area (Å²) in [6, 6.07) is 17.9. The van der Waals surface area contributed by atoms with E-state index in [1.165, 1.54) is 21.6 Å². The van der Waals surface area contributed by atoms with Crippen LogP contribution >= 0.6 is 11.8 Å². The van der Waals surface area contributed by atoms with Gasteiger partial charge in [0.2, 0.25) is 0 Å². The first-order valence-corrected chi connectivity index (χ1v) is 8.13. The Morgan fingerprint density at radius 2 is 1.75 bits per heavy atom. The highest BCUT2D eigenvalue weighted by Crippen LogP contribution is 2.26. The van der Waals surface area contributed by atoms with Gasteiger partial charge in [-0.3, -0.25) is 0 Å². The molecule has 0 aliphatic carbocycles. The number of benzene rings is 2. The minimum Gasteiger partial charge on any atom is -0.310 e. The van der Waals surface area contributed by atoms with Crippen molar-refractivity contribution in [2.75, 3.05) is 0 Å². The number of hydrogen-bond acceptors (Lipinski definition) is 2. The van der Waals surface area contributed by atoms with Crippen LogP contribution in [0, 0.1) is 6.92 Å². The number of thioether (sulfide) groups is 1. The summed E-state index contributed by atoms with van der Waals surface area (Å²) in [4.78, 5) is 1.38. The molecule has 0 unspecified atom stereocenters. The standard InChI is InChI=1S/C18H23NS/c1-14(2)19-12-17-9-10-18(15(3)11-17)20-13-16-7-5-4-6-8-16/h4-11,14,19H,12-13H2,1-3H3. The largest absolute Gasteiger partial charge is 0.310 e. The van der Waals surface area contributed by atoms with Gasteiger partial charge in [0.15, 0.2) is 0 Å². The van der Waals surface area contributed by atoms with E-state index in [-0.39, 0.29) is 0 Å². The number of rotatable bonds is 6. The third-order valence-electron chi connectivity index (χ3n) is 3.19. The molecule has 0 atom stereocenters. The molecule has 2 heteroatoms. The molecule has 2 rings (SSSR count). The maximum atomic E-state index is 3.46. The lowest BCUT2D eigenvalue weighted by molar-refractivity contribution is 0.588. The second-order valence-corrected chi connectivity index (χ2v) is 6.43. The zero-order valence-corrected chi connectivity index (χ0v) is 13.3. The van der Waals surface area contributed by atoms with Crippen molar-refractivity contribution >= 4 is 11.8 Å². The number of hydrogen-bond donors (Lipinski definition) is 1. The minimum atomic E-state index is 0.530. The smallest absolute Gasteiger partial charge is 0.0232 e. The van der Waals surface area contributed by atoms with Crippen molar-refractivity contribution in [1.82, 2.24) is 5.32 Å². The molecule has 2 aromatic carbocycles. The molecule has 0 aliphatic rings. The lowest BCUT2D eigenvalue weighted by Crippen LogP contribution is -2.21. The van der Waals surface area contributed by atoms with Crippen LogP contribution < -0.4 is 5.32 Å². The van der Waals surface area contributed by atoms with Gasteiger partial charge in [0, 0.05) is 23.2 Å². The lowest BCUT2D eigenvalue weighted by Gasteiger charge is -2.11. The van der Waals surface area contributed by atoms with E-state index < -0.39 is 0 Å². The van der Waals surface area contributed by atoms with Crippen LogP contribution in [-0.2, 0) is 12.3 Å². The highest BCUT2D eigenvalue weighted by molar-refractivity contribution is 7.98. The Kier molecular flexibility index (Phi) is 5.69. The molecule has 1 nitrogen and oxygen atoms in total.